The smallest absolute Gasteiger partial charge is 0.202 e. The van der Waals surface area contributed by atoms with Gasteiger partial charge in [-0.2, -0.15) is 4.37 Å². The predicted molar refractivity (Wildman–Crippen MR) is 84.7 cm³/mol. The van der Waals surface area contributed by atoms with Crippen LogP contribution in [-0.2, 0) is 13.6 Å². The van der Waals surface area contributed by atoms with Gasteiger partial charge in [-0.3, -0.25) is 0 Å². The Morgan fingerprint density at radius 3 is 2.90 bits per heavy atom. The van der Waals surface area contributed by atoms with E-state index in [2.05, 4.69) is 44.5 Å². The number of nitrogens with one attached hydrogen (secondary N) is 1. The van der Waals surface area contributed by atoms with Crippen LogP contribution in [0.3, 0.4) is 0 Å². The number of hydrogen-bond donors (Lipinski definition) is 1. The molecule has 0 atom stereocenters. The van der Waals surface area contributed by atoms with Crippen molar-refractivity contribution >= 4 is 27.7 Å². The molecule has 2 aromatic heterocycles. The monoisotopic (exact) mass is 299 g/mol. The fraction of sp³-hybridized carbons (Fsp3) is 0.400. The van der Waals surface area contributed by atoms with Gasteiger partial charge in [-0.15, -0.1) is 0 Å². The van der Waals surface area contributed by atoms with Gasteiger partial charge in [-0.1, -0.05) is 6.07 Å². The highest BCUT2D eigenvalue weighted by atomic mass is 32.1. The quantitative estimate of drug-likeness (QED) is 0.803. The Balaban J connectivity index is 1.58. The summed E-state index contributed by atoms with van der Waals surface area (Å²) in [6.45, 7) is 2.65. The lowest BCUT2D eigenvalue weighted by atomic mass is 10.2. The van der Waals surface area contributed by atoms with Crippen LogP contribution < -0.4 is 5.32 Å². The molecular formula is C15H17N5S. The van der Waals surface area contributed by atoms with Crippen molar-refractivity contribution in [1.29, 1.82) is 0 Å². The maximum absolute atomic E-state index is 4.80. The maximum atomic E-state index is 4.80. The Kier molecular flexibility index (Phi) is 2.92. The van der Waals surface area contributed by atoms with Crippen molar-refractivity contribution in [2.75, 3.05) is 5.32 Å². The molecule has 2 heterocycles. The number of imidazole rings is 1. The fourth-order valence-electron chi connectivity index (χ4n) is 2.63. The molecule has 6 heteroatoms. The van der Waals surface area contributed by atoms with E-state index in [1.165, 1.54) is 41.3 Å². The first-order valence-corrected chi connectivity index (χ1v) is 7.97. The van der Waals surface area contributed by atoms with Gasteiger partial charge in [0.2, 0.25) is 5.13 Å². The van der Waals surface area contributed by atoms with E-state index < -0.39 is 0 Å². The minimum atomic E-state index is 0.674. The molecule has 5 nitrogen and oxygen atoms in total. The van der Waals surface area contributed by atoms with Crippen LogP contribution in [0.15, 0.2) is 18.2 Å². The van der Waals surface area contributed by atoms with E-state index in [0.717, 1.165) is 23.0 Å². The van der Waals surface area contributed by atoms with Gasteiger partial charge in [-0.05, 0) is 37.5 Å². The third kappa shape index (κ3) is 2.40. The molecule has 0 amide bonds. The Bertz CT molecular complexity index is 800. The highest BCUT2D eigenvalue weighted by Crippen LogP contribution is 2.40. The fourth-order valence-corrected chi connectivity index (χ4v) is 3.20. The number of hydrogen-bond acceptors (Lipinski definition) is 5. The molecule has 0 radical (unpaired) electrons. The molecular weight excluding hydrogens is 282 g/mol. The van der Waals surface area contributed by atoms with E-state index >= 15 is 0 Å². The summed E-state index contributed by atoms with van der Waals surface area (Å²) in [6, 6.07) is 6.49. The molecule has 0 aliphatic heterocycles. The second-order valence-electron chi connectivity index (χ2n) is 5.63. The normalized spacial score (nSPS) is 14.8. The maximum Gasteiger partial charge on any atom is 0.202 e. The summed E-state index contributed by atoms with van der Waals surface area (Å²) in [4.78, 5) is 9.12. The molecule has 4 rings (SSSR count). The number of nitrogens with zero attached hydrogens (tertiary/aromatic N) is 4. The highest BCUT2D eigenvalue weighted by molar-refractivity contribution is 7.09. The largest absolute Gasteiger partial charge is 0.356 e. The molecule has 1 saturated carbocycles. The Hall–Kier alpha value is -1.95. The second kappa shape index (κ2) is 4.80. The summed E-state index contributed by atoms with van der Waals surface area (Å²) in [5.74, 6) is 2.72. The molecule has 1 aromatic carbocycles. The zero-order valence-electron chi connectivity index (χ0n) is 12.1. The summed E-state index contributed by atoms with van der Waals surface area (Å²) < 4.78 is 6.41. The van der Waals surface area contributed by atoms with Crippen LogP contribution in [0.2, 0.25) is 0 Å². The summed E-state index contributed by atoms with van der Waals surface area (Å²) in [6.07, 6.45) is 2.56. The first-order chi connectivity index (χ1) is 10.2. The van der Waals surface area contributed by atoms with E-state index in [4.69, 9.17) is 4.98 Å². The summed E-state index contributed by atoms with van der Waals surface area (Å²) in [7, 11) is 2.12. The van der Waals surface area contributed by atoms with Gasteiger partial charge < -0.3 is 9.88 Å². The summed E-state index contributed by atoms with van der Waals surface area (Å²) >= 11 is 1.40. The lowest BCUT2D eigenvalue weighted by molar-refractivity contribution is 0.820. The van der Waals surface area contributed by atoms with Gasteiger partial charge in [0.25, 0.3) is 0 Å². The van der Waals surface area contributed by atoms with Crippen LogP contribution in [0.4, 0.5) is 5.13 Å². The molecule has 21 heavy (non-hydrogen) atoms. The number of anilines is 1. The van der Waals surface area contributed by atoms with E-state index in [0.29, 0.717) is 5.92 Å². The van der Waals surface area contributed by atoms with Crippen LogP contribution >= 0.6 is 11.5 Å². The third-order valence-corrected chi connectivity index (χ3v) is 4.66. The van der Waals surface area contributed by atoms with Gasteiger partial charge in [-0.25, -0.2) is 9.97 Å². The van der Waals surface area contributed by atoms with Crippen molar-refractivity contribution in [1.82, 2.24) is 18.9 Å². The zero-order chi connectivity index (χ0) is 14.4. The Morgan fingerprint density at radius 1 is 1.33 bits per heavy atom. The molecule has 1 fully saturated rings. The highest BCUT2D eigenvalue weighted by Gasteiger charge is 2.28. The lowest BCUT2D eigenvalue weighted by Gasteiger charge is -2.03. The van der Waals surface area contributed by atoms with E-state index in [-0.39, 0.29) is 0 Å². The number of rotatable bonds is 4. The molecule has 0 bridgehead atoms. The standard InChI is InChI=1S/C15H17N5S/c1-9-17-15(21-19-9)16-8-10-3-6-13-12(7-10)18-14(20(13)2)11-4-5-11/h3,6-7,11H,4-5,8H2,1-2H3,(H,16,17,19). The summed E-state index contributed by atoms with van der Waals surface area (Å²) in [5.41, 5.74) is 3.52. The first-order valence-electron chi connectivity index (χ1n) is 7.20. The average molecular weight is 299 g/mol. The molecule has 0 spiro atoms. The van der Waals surface area contributed by atoms with Crippen LogP contribution in [-0.4, -0.2) is 18.9 Å². The van der Waals surface area contributed by atoms with Crippen molar-refractivity contribution in [2.45, 2.75) is 32.2 Å². The van der Waals surface area contributed by atoms with Crippen molar-refractivity contribution in [3.63, 3.8) is 0 Å². The number of aromatic nitrogens is 4. The molecule has 0 unspecified atom stereocenters. The molecule has 108 valence electrons. The third-order valence-electron chi connectivity index (χ3n) is 3.89. The molecule has 1 N–H and O–H groups in total. The Morgan fingerprint density at radius 2 is 2.19 bits per heavy atom. The van der Waals surface area contributed by atoms with Gasteiger partial charge in [0.05, 0.1) is 11.0 Å². The van der Waals surface area contributed by atoms with Crippen LogP contribution in [0.25, 0.3) is 11.0 Å². The average Bonchev–Trinajstić information content (AvgIpc) is 3.16. The van der Waals surface area contributed by atoms with Crippen molar-refractivity contribution in [2.24, 2.45) is 7.05 Å². The topological polar surface area (TPSA) is 55.6 Å². The molecule has 1 aliphatic carbocycles. The van der Waals surface area contributed by atoms with E-state index in [1.54, 1.807) is 0 Å². The van der Waals surface area contributed by atoms with Gasteiger partial charge >= 0.3 is 0 Å². The Labute approximate surface area is 127 Å². The molecule has 1 aliphatic rings. The van der Waals surface area contributed by atoms with Crippen LogP contribution in [0.1, 0.15) is 36.0 Å². The molecule has 3 aromatic rings. The van der Waals surface area contributed by atoms with Gasteiger partial charge in [0.15, 0.2) is 0 Å². The zero-order valence-corrected chi connectivity index (χ0v) is 12.9. The van der Waals surface area contributed by atoms with Crippen LogP contribution in [0, 0.1) is 6.92 Å². The molecule has 0 saturated heterocycles. The van der Waals surface area contributed by atoms with Crippen molar-refractivity contribution in [3.05, 3.63) is 35.4 Å². The van der Waals surface area contributed by atoms with Gasteiger partial charge in [0.1, 0.15) is 11.6 Å². The number of benzene rings is 1. The number of aryl methyl sites for hydroxylation is 2. The first kappa shape index (κ1) is 12.8. The minimum absolute atomic E-state index is 0.674. The van der Waals surface area contributed by atoms with Gasteiger partial charge in [0, 0.05) is 31.0 Å². The van der Waals surface area contributed by atoms with Crippen LogP contribution in [0.5, 0.6) is 0 Å². The van der Waals surface area contributed by atoms with E-state index in [1.807, 2.05) is 6.92 Å². The van der Waals surface area contributed by atoms with Crippen molar-refractivity contribution < 1.29 is 0 Å². The van der Waals surface area contributed by atoms with E-state index in [9.17, 15) is 0 Å². The summed E-state index contributed by atoms with van der Waals surface area (Å²) in [5, 5.41) is 4.18. The number of fused-ring (bicyclic) bond motifs is 1. The lowest BCUT2D eigenvalue weighted by Crippen LogP contribution is -1.99. The minimum Gasteiger partial charge on any atom is -0.356 e. The SMILES string of the molecule is Cc1nsc(NCc2ccc3c(c2)nc(C2CC2)n3C)n1. The predicted octanol–water partition coefficient (Wildman–Crippen LogP) is 3.22. The van der Waals surface area contributed by atoms with Crippen molar-refractivity contribution in [3.8, 4) is 0 Å². The second-order valence-corrected chi connectivity index (χ2v) is 6.38.